The predicted octanol–water partition coefficient (Wildman–Crippen LogP) is 4.51. The molecule has 0 aliphatic carbocycles. The molecule has 1 N–H and O–H groups in total. The van der Waals surface area contributed by atoms with Crippen molar-refractivity contribution in [2.45, 2.75) is 25.2 Å². The van der Waals surface area contributed by atoms with Crippen LogP contribution in [0.1, 0.15) is 36.3 Å². The number of aliphatic hydroxyl groups is 1. The van der Waals surface area contributed by atoms with Crippen LogP contribution in [-0.4, -0.2) is 11.7 Å². The highest BCUT2D eigenvalue weighted by molar-refractivity contribution is 5.30. The molecule has 1 heteroatoms. The van der Waals surface area contributed by atoms with Gasteiger partial charge in [-0.2, -0.15) is 0 Å². The Balaban J connectivity index is 2.36. The smallest absolute Gasteiger partial charge is 0.0505 e. The van der Waals surface area contributed by atoms with Crippen molar-refractivity contribution in [3.63, 3.8) is 0 Å². The number of aliphatic hydroxyl groups excluding tert-OH is 1. The monoisotopic (exact) mass is 266 g/mol. The van der Waals surface area contributed by atoms with Gasteiger partial charge in [0.25, 0.3) is 0 Å². The summed E-state index contributed by atoms with van der Waals surface area (Å²) in [7, 11) is 0. The zero-order chi connectivity index (χ0) is 14.4. The molecule has 0 aliphatic rings. The molecule has 2 atom stereocenters. The van der Waals surface area contributed by atoms with Gasteiger partial charge in [-0.05, 0) is 30.4 Å². The van der Waals surface area contributed by atoms with Crippen molar-refractivity contribution >= 4 is 0 Å². The van der Waals surface area contributed by atoms with Crippen molar-refractivity contribution in [2.24, 2.45) is 0 Å². The van der Waals surface area contributed by atoms with Crippen LogP contribution in [0.3, 0.4) is 0 Å². The molecule has 0 saturated carbocycles. The molecule has 104 valence electrons. The van der Waals surface area contributed by atoms with Crippen LogP contribution >= 0.6 is 0 Å². The minimum absolute atomic E-state index is 0.107. The third-order valence-electron chi connectivity index (χ3n) is 3.71. The molecule has 0 bridgehead atoms. The highest BCUT2D eigenvalue weighted by Gasteiger charge is 2.24. The number of benzene rings is 2. The number of allylic oxidation sites excluding steroid dienone is 1. The van der Waals surface area contributed by atoms with Crippen LogP contribution in [0, 0.1) is 0 Å². The van der Waals surface area contributed by atoms with E-state index in [1.54, 1.807) is 0 Å². The van der Waals surface area contributed by atoms with Crippen molar-refractivity contribution in [3.05, 3.63) is 83.9 Å². The van der Waals surface area contributed by atoms with Gasteiger partial charge in [-0.25, -0.2) is 0 Å². The van der Waals surface area contributed by atoms with Gasteiger partial charge in [-0.3, -0.25) is 0 Å². The van der Waals surface area contributed by atoms with Gasteiger partial charge in [0, 0.05) is 5.92 Å². The average Bonchev–Trinajstić information content (AvgIpc) is 2.49. The molecule has 2 aromatic carbocycles. The second kappa shape index (κ2) is 7.06. The maximum atomic E-state index is 9.89. The van der Waals surface area contributed by atoms with Gasteiger partial charge >= 0.3 is 0 Å². The lowest BCUT2D eigenvalue weighted by Gasteiger charge is -2.27. The van der Waals surface area contributed by atoms with E-state index >= 15 is 0 Å². The first-order valence-corrected chi connectivity index (χ1v) is 7.07. The minimum atomic E-state index is 0.107. The second-order valence-electron chi connectivity index (χ2n) is 5.38. The molecule has 2 rings (SSSR count). The molecule has 2 aromatic rings. The van der Waals surface area contributed by atoms with Crippen LogP contribution in [0.2, 0.25) is 0 Å². The summed E-state index contributed by atoms with van der Waals surface area (Å²) in [6, 6.07) is 20.7. The normalized spacial score (nSPS) is 13.7. The first-order valence-electron chi connectivity index (χ1n) is 7.07. The topological polar surface area (TPSA) is 20.2 Å². The highest BCUT2D eigenvalue weighted by atomic mass is 16.3. The predicted molar refractivity (Wildman–Crippen MR) is 84.9 cm³/mol. The fourth-order valence-corrected chi connectivity index (χ4v) is 2.73. The van der Waals surface area contributed by atoms with Gasteiger partial charge in [0.05, 0.1) is 6.61 Å². The van der Waals surface area contributed by atoms with Crippen molar-refractivity contribution in [1.29, 1.82) is 0 Å². The number of hydrogen-bond acceptors (Lipinski definition) is 1. The zero-order valence-electron chi connectivity index (χ0n) is 12.0. The van der Waals surface area contributed by atoms with Crippen molar-refractivity contribution in [1.82, 2.24) is 0 Å². The Hall–Kier alpha value is -1.86. The zero-order valence-corrected chi connectivity index (χ0v) is 12.0. The van der Waals surface area contributed by atoms with Crippen LogP contribution in [0.4, 0.5) is 0 Å². The highest BCUT2D eigenvalue weighted by Crippen LogP contribution is 2.37. The molecule has 0 spiro atoms. The van der Waals surface area contributed by atoms with Crippen LogP contribution in [-0.2, 0) is 0 Å². The first kappa shape index (κ1) is 14.5. The molecule has 20 heavy (non-hydrogen) atoms. The molecule has 0 saturated heterocycles. The molecule has 0 radical (unpaired) electrons. The Bertz CT molecular complexity index is 530. The Kier molecular flexibility index (Phi) is 5.14. The minimum Gasteiger partial charge on any atom is -0.396 e. The van der Waals surface area contributed by atoms with Crippen molar-refractivity contribution < 1.29 is 5.11 Å². The summed E-state index contributed by atoms with van der Waals surface area (Å²) in [5.41, 5.74) is 3.59. The van der Waals surface area contributed by atoms with Crippen molar-refractivity contribution in [3.8, 4) is 0 Å². The molecule has 1 nitrogen and oxygen atoms in total. The molecule has 0 amide bonds. The van der Waals surface area contributed by atoms with E-state index in [0.717, 1.165) is 12.0 Å². The lowest BCUT2D eigenvalue weighted by Crippen LogP contribution is -2.15. The fourth-order valence-electron chi connectivity index (χ4n) is 2.73. The summed E-state index contributed by atoms with van der Waals surface area (Å²) in [4.78, 5) is 0. The number of rotatable bonds is 6. The van der Waals surface area contributed by atoms with Crippen molar-refractivity contribution in [2.75, 3.05) is 6.61 Å². The largest absolute Gasteiger partial charge is 0.396 e. The van der Waals surface area contributed by atoms with Gasteiger partial charge in [0.15, 0.2) is 0 Å². The van der Waals surface area contributed by atoms with E-state index in [-0.39, 0.29) is 18.4 Å². The Morgan fingerprint density at radius 2 is 1.35 bits per heavy atom. The molecular weight excluding hydrogens is 244 g/mol. The summed E-state index contributed by atoms with van der Waals surface area (Å²) in [5, 5.41) is 9.89. The third kappa shape index (κ3) is 3.58. The van der Waals surface area contributed by atoms with Crippen LogP contribution in [0.25, 0.3) is 0 Å². The molecule has 0 aliphatic heterocycles. The van der Waals surface area contributed by atoms with Crippen LogP contribution in [0.15, 0.2) is 72.8 Å². The molecule has 0 fully saturated rings. The average molecular weight is 266 g/mol. The molecular formula is C19H22O. The van der Waals surface area contributed by atoms with E-state index in [1.807, 2.05) is 24.3 Å². The Morgan fingerprint density at radius 3 is 1.75 bits per heavy atom. The SMILES string of the molecule is C=C(C)CC(c1ccccc1)[C@@H](CO)c1ccccc1. The van der Waals surface area contributed by atoms with E-state index in [0.29, 0.717) is 0 Å². The van der Waals surface area contributed by atoms with Gasteiger partial charge in [-0.1, -0.05) is 66.2 Å². The van der Waals surface area contributed by atoms with E-state index < -0.39 is 0 Å². The van der Waals surface area contributed by atoms with E-state index in [4.69, 9.17) is 0 Å². The summed E-state index contributed by atoms with van der Waals surface area (Å²) >= 11 is 0. The standard InChI is InChI=1S/C19H22O/c1-15(2)13-18(16-9-5-3-6-10-16)19(14-20)17-11-7-4-8-12-17/h3-12,18-20H,1,13-14H2,2H3/t18?,19-/m0/s1. The van der Waals surface area contributed by atoms with E-state index in [1.165, 1.54) is 11.1 Å². The maximum absolute atomic E-state index is 9.89. The quantitative estimate of drug-likeness (QED) is 0.763. The number of hydrogen-bond donors (Lipinski definition) is 1. The first-order chi connectivity index (χ1) is 9.72. The Labute approximate surface area is 121 Å². The fraction of sp³-hybridized carbons (Fsp3) is 0.263. The summed E-state index contributed by atoms with van der Waals surface area (Å²) in [5.74, 6) is 0.372. The van der Waals surface area contributed by atoms with Gasteiger partial charge in [0.1, 0.15) is 0 Å². The van der Waals surface area contributed by atoms with E-state index in [2.05, 4.69) is 49.9 Å². The summed E-state index contributed by atoms with van der Waals surface area (Å²) in [6.07, 6.45) is 0.893. The summed E-state index contributed by atoms with van der Waals surface area (Å²) in [6.45, 7) is 6.25. The lowest BCUT2D eigenvalue weighted by atomic mass is 9.78. The molecule has 0 heterocycles. The Morgan fingerprint density at radius 1 is 0.900 bits per heavy atom. The lowest BCUT2D eigenvalue weighted by molar-refractivity contribution is 0.247. The van der Waals surface area contributed by atoms with E-state index in [9.17, 15) is 5.11 Å². The van der Waals surface area contributed by atoms with Gasteiger partial charge in [0.2, 0.25) is 0 Å². The van der Waals surface area contributed by atoms with Crippen LogP contribution in [0.5, 0.6) is 0 Å². The second-order valence-corrected chi connectivity index (χ2v) is 5.38. The maximum Gasteiger partial charge on any atom is 0.0505 e. The molecule has 1 unspecified atom stereocenters. The van der Waals surface area contributed by atoms with Gasteiger partial charge in [-0.15, -0.1) is 6.58 Å². The van der Waals surface area contributed by atoms with Gasteiger partial charge < -0.3 is 5.11 Å². The summed E-state index contributed by atoms with van der Waals surface area (Å²) < 4.78 is 0. The third-order valence-corrected chi connectivity index (χ3v) is 3.71. The van der Waals surface area contributed by atoms with Crippen LogP contribution < -0.4 is 0 Å². The molecule has 0 aromatic heterocycles.